The molecule has 1 atom stereocenters. The van der Waals surface area contributed by atoms with Crippen molar-refractivity contribution < 1.29 is 4.74 Å². The summed E-state index contributed by atoms with van der Waals surface area (Å²) in [6, 6.07) is 0.666. The van der Waals surface area contributed by atoms with Gasteiger partial charge in [0.1, 0.15) is 0 Å². The second-order valence-electron chi connectivity index (χ2n) is 5.43. The van der Waals surface area contributed by atoms with Crippen molar-refractivity contribution >= 4 is 0 Å². The Bertz CT molecular complexity index is 166. The summed E-state index contributed by atoms with van der Waals surface area (Å²) in [4.78, 5) is 0. The Kier molecular flexibility index (Phi) is 5.62. The van der Waals surface area contributed by atoms with Crippen molar-refractivity contribution in [3.63, 3.8) is 0 Å². The normalized spacial score (nSPS) is 21.0. The van der Waals surface area contributed by atoms with Crippen molar-refractivity contribution in [1.82, 2.24) is 5.32 Å². The van der Waals surface area contributed by atoms with Crippen LogP contribution in [0.2, 0.25) is 0 Å². The zero-order valence-electron chi connectivity index (χ0n) is 10.6. The average molecular weight is 213 g/mol. The number of hydrogen-bond acceptors (Lipinski definition) is 2. The highest BCUT2D eigenvalue weighted by molar-refractivity contribution is 4.83. The third kappa shape index (κ3) is 4.98. The van der Waals surface area contributed by atoms with Gasteiger partial charge in [0.05, 0.1) is 13.2 Å². The van der Waals surface area contributed by atoms with E-state index in [1.54, 1.807) is 0 Å². The lowest BCUT2D eigenvalue weighted by atomic mass is 9.88. The van der Waals surface area contributed by atoms with Gasteiger partial charge >= 0.3 is 0 Å². The molecule has 0 aliphatic carbocycles. The molecular weight excluding hydrogens is 186 g/mol. The number of rotatable bonds is 8. The monoisotopic (exact) mass is 213 g/mol. The summed E-state index contributed by atoms with van der Waals surface area (Å²) < 4.78 is 5.24. The second kappa shape index (κ2) is 6.49. The molecule has 15 heavy (non-hydrogen) atoms. The minimum absolute atomic E-state index is 0.414. The van der Waals surface area contributed by atoms with E-state index in [2.05, 4.69) is 26.1 Å². The fourth-order valence-corrected chi connectivity index (χ4v) is 1.95. The Morgan fingerprint density at radius 2 is 2.00 bits per heavy atom. The van der Waals surface area contributed by atoms with Gasteiger partial charge in [-0.25, -0.2) is 0 Å². The van der Waals surface area contributed by atoms with Crippen LogP contribution in [0.25, 0.3) is 0 Å². The molecule has 0 aromatic rings. The molecule has 0 saturated carbocycles. The average Bonchev–Trinajstić information content (AvgIpc) is 2.19. The zero-order valence-corrected chi connectivity index (χ0v) is 10.6. The van der Waals surface area contributed by atoms with Crippen molar-refractivity contribution in [1.29, 1.82) is 0 Å². The maximum absolute atomic E-state index is 5.24. The highest BCUT2D eigenvalue weighted by atomic mass is 16.5. The van der Waals surface area contributed by atoms with Crippen LogP contribution in [-0.2, 0) is 4.74 Å². The molecule has 1 fully saturated rings. The molecule has 2 nitrogen and oxygen atoms in total. The van der Waals surface area contributed by atoms with Crippen LogP contribution in [0.4, 0.5) is 0 Å². The maximum Gasteiger partial charge on any atom is 0.0554 e. The molecule has 0 spiro atoms. The van der Waals surface area contributed by atoms with E-state index in [0.717, 1.165) is 19.8 Å². The van der Waals surface area contributed by atoms with Gasteiger partial charge in [0.15, 0.2) is 0 Å². The Hall–Kier alpha value is -0.0800. The molecule has 1 aliphatic heterocycles. The Morgan fingerprint density at radius 1 is 1.27 bits per heavy atom. The molecule has 90 valence electrons. The van der Waals surface area contributed by atoms with E-state index in [1.165, 1.54) is 32.1 Å². The maximum atomic E-state index is 5.24. The Balaban J connectivity index is 1.95. The van der Waals surface area contributed by atoms with Crippen LogP contribution in [0.5, 0.6) is 0 Å². The van der Waals surface area contributed by atoms with Crippen LogP contribution in [-0.4, -0.2) is 25.8 Å². The molecule has 1 heterocycles. The number of hydrogen-bond donors (Lipinski definition) is 1. The number of nitrogens with one attached hydrogen (secondary N) is 1. The molecule has 2 heteroatoms. The van der Waals surface area contributed by atoms with Crippen molar-refractivity contribution in [2.45, 2.75) is 58.9 Å². The van der Waals surface area contributed by atoms with Gasteiger partial charge in [0.2, 0.25) is 0 Å². The van der Waals surface area contributed by atoms with Crippen molar-refractivity contribution in [3.8, 4) is 0 Å². The summed E-state index contributed by atoms with van der Waals surface area (Å²) in [7, 11) is 0. The van der Waals surface area contributed by atoms with E-state index in [-0.39, 0.29) is 0 Å². The minimum atomic E-state index is 0.414. The zero-order chi connectivity index (χ0) is 11.1. The lowest BCUT2D eigenvalue weighted by molar-refractivity contribution is -0.0999. The molecule has 0 radical (unpaired) electrons. The number of ether oxygens (including phenoxy) is 1. The molecule has 1 saturated heterocycles. The molecule has 1 aliphatic rings. The lowest BCUT2D eigenvalue weighted by Gasteiger charge is -2.39. The van der Waals surface area contributed by atoms with Gasteiger partial charge in [-0.1, -0.05) is 39.5 Å². The fourth-order valence-electron chi connectivity index (χ4n) is 1.95. The Labute approximate surface area is 94.8 Å². The van der Waals surface area contributed by atoms with Gasteiger partial charge < -0.3 is 10.1 Å². The first-order chi connectivity index (χ1) is 7.16. The minimum Gasteiger partial charge on any atom is -0.380 e. The van der Waals surface area contributed by atoms with Gasteiger partial charge in [0.25, 0.3) is 0 Å². The third-order valence-corrected chi connectivity index (χ3v) is 3.27. The third-order valence-electron chi connectivity index (χ3n) is 3.27. The largest absolute Gasteiger partial charge is 0.380 e. The Morgan fingerprint density at radius 3 is 2.53 bits per heavy atom. The predicted octanol–water partition coefficient (Wildman–Crippen LogP) is 2.97. The van der Waals surface area contributed by atoms with Crippen LogP contribution in [0.1, 0.15) is 52.9 Å². The van der Waals surface area contributed by atoms with E-state index >= 15 is 0 Å². The van der Waals surface area contributed by atoms with Crippen LogP contribution in [0.15, 0.2) is 0 Å². The van der Waals surface area contributed by atoms with Crippen LogP contribution < -0.4 is 5.32 Å². The smallest absolute Gasteiger partial charge is 0.0554 e. The van der Waals surface area contributed by atoms with E-state index < -0.39 is 0 Å². The first-order valence-corrected chi connectivity index (χ1v) is 6.47. The van der Waals surface area contributed by atoms with Crippen molar-refractivity contribution in [2.75, 3.05) is 19.8 Å². The second-order valence-corrected chi connectivity index (χ2v) is 5.43. The first-order valence-electron chi connectivity index (χ1n) is 6.47. The van der Waals surface area contributed by atoms with Crippen LogP contribution in [0.3, 0.4) is 0 Å². The highest BCUT2D eigenvalue weighted by Gasteiger charge is 2.32. The molecule has 1 rings (SSSR count). The standard InChI is InChI=1S/C13H27NO/c1-4-5-6-7-8-12(2)14-9-13(3)10-15-11-13/h12,14H,4-11H2,1-3H3. The van der Waals surface area contributed by atoms with E-state index in [1.807, 2.05) is 0 Å². The summed E-state index contributed by atoms with van der Waals surface area (Å²) in [5.41, 5.74) is 0.414. The summed E-state index contributed by atoms with van der Waals surface area (Å²) in [6.45, 7) is 9.84. The fraction of sp³-hybridized carbons (Fsp3) is 1.00. The van der Waals surface area contributed by atoms with E-state index in [9.17, 15) is 0 Å². The molecule has 1 N–H and O–H groups in total. The highest BCUT2D eigenvalue weighted by Crippen LogP contribution is 2.25. The summed E-state index contributed by atoms with van der Waals surface area (Å²) in [5.74, 6) is 0. The first kappa shape index (κ1) is 13.0. The molecule has 1 unspecified atom stereocenters. The van der Waals surface area contributed by atoms with Gasteiger partial charge in [0, 0.05) is 18.0 Å². The summed E-state index contributed by atoms with van der Waals surface area (Å²) in [5, 5.41) is 3.62. The summed E-state index contributed by atoms with van der Waals surface area (Å²) in [6.07, 6.45) is 6.80. The van der Waals surface area contributed by atoms with E-state index in [0.29, 0.717) is 11.5 Å². The quantitative estimate of drug-likeness (QED) is 0.626. The van der Waals surface area contributed by atoms with Gasteiger partial charge in [-0.2, -0.15) is 0 Å². The van der Waals surface area contributed by atoms with Gasteiger partial charge in [-0.05, 0) is 13.3 Å². The SMILES string of the molecule is CCCCCCC(C)NCC1(C)COC1. The number of unbranched alkanes of at least 4 members (excludes halogenated alkanes) is 3. The molecule has 0 aromatic carbocycles. The van der Waals surface area contributed by atoms with Crippen LogP contribution >= 0.6 is 0 Å². The topological polar surface area (TPSA) is 21.3 Å². The predicted molar refractivity (Wildman–Crippen MR) is 65.1 cm³/mol. The summed E-state index contributed by atoms with van der Waals surface area (Å²) >= 11 is 0. The van der Waals surface area contributed by atoms with Crippen molar-refractivity contribution in [3.05, 3.63) is 0 Å². The molecule has 0 amide bonds. The van der Waals surface area contributed by atoms with Gasteiger partial charge in [-0.3, -0.25) is 0 Å². The van der Waals surface area contributed by atoms with E-state index in [4.69, 9.17) is 4.74 Å². The molecular formula is C13H27NO. The van der Waals surface area contributed by atoms with Crippen LogP contribution in [0, 0.1) is 5.41 Å². The molecule has 0 aromatic heterocycles. The van der Waals surface area contributed by atoms with Gasteiger partial charge in [-0.15, -0.1) is 0 Å². The lowest BCUT2D eigenvalue weighted by Crippen LogP contribution is -2.49. The van der Waals surface area contributed by atoms with Crippen molar-refractivity contribution in [2.24, 2.45) is 5.41 Å². The molecule has 0 bridgehead atoms.